The van der Waals surface area contributed by atoms with E-state index in [-0.39, 0.29) is 0 Å². The number of ether oxygens (including phenoxy) is 2. The minimum Gasteiger partial charge on any atom is -0.490 e. The van der Waals surface area contributed by atoms with Crippen LogP contribution in [0, 0.1) is 11.3 Å². The minimum absolute atomic E-state index is 0.398. The number of H-pyrrole nitrogens is 1. The van der Waals surface area contributed by atoms with Gasteiger partial charge in [0.05, 0.1) is 23.2 Å². The number of allylic oxidation sites excluding steroid dienone is 1. The Labute approximate surface area is 185 Å². The summed E-state index contributed by atoms with van der Waals surface area (Å²) >= 11 is 5.94. The summed E-state index contributed by atoms with van der Waals surface area (Å²) in [5.41, 5.74) is 3.97. The molecule has 0 saturated heterocycles. The Kier molecular flexibility index (Phi) is 6.21. The van der Waals surface area contributed by atoms with Crippen LogP contribution in [0.4, 0.5) is 0 Å². The van der Waals surface area contributed by atoms with Crippen molar-refractivity contribution in [1.29, 1.82) is 5.26 Å². The van der Waals surface area contributed by atoms with Crippen molar-refractivity contribution < 1.29 is 9.47 Å². The minimum atomic E-state index is 0.398. The molecule has 0 spiro atoms. The maximum Gasteiger partial charge on any atom is 0.161 e. The Morgan fingerprint density at radius 3 is 2.61 bits per heavy atom. The molecule has 0 aliphatic carbocycles. The van der Waals surface area contributed by atoms with Gasteiger partial charge in [0.1, 0.15) is 18.5 Å². The van der Waals surface area contributed by atoms with E-state index in [9.17, 15) is 5.26 Å². The summed E-state index contributed by atoms with van der Waals surface area (Å²) in [5, 5.41) is 10.4. The van der Waals surface area contributed by atoms with Gasteiger partial charge < -0.3 is 14.5 Å². The quantitative estimate of drug-likeness (QED) is 0.352. The molecular formula is C25H20ClN3O2. The van der Waals surface area contributed by atoms with Crippen LogP contribution in [0.5, 0.6) is 11.5 Å². The highest BCUT2D eigenvalue weighted by Gasteiger charge is 2.10. The number of halogens is 1. The number of imidazole rings is 1. The van der Waals surface area contributed by atoms with Gasteiger partial charge in [-0.3, -0.25) is 0 Å². The predicted molar refractivity (Wildman–Crippen MR) is 123 cm³/mol. The van der Waals surface area contributed by atoms with Gasteiger partial charge in [-0.2, -0.15) is 5.26 Å². The highest BCUT2D eigenvalue weighted by Crippen LogP contribution is 2.31. The highest BCUT2D eigenvalue weighted by atomic mass is 35.5. The monoisotopic (exact) mass is 429 g/mol. The first-order valence-corrected chi connectivity index (χ1v) is 10.2. The number of nitrogens with one attached hydrogen (secondary N) is 1. The second-order valence-corrected chi connectivity index (χ2v) is 7.26. The van der Waals surface area contributed by atoms with Crippen molar-refractivity contribution in [2.45, 2.75) is 13.5 Å². The van der Waals surface area contributed by atoms with Crippen LogP contribution in [-0.2, 0) is 6.61 Å². The zero-order valence-electron chi connectivity index (χ0n) is 16.9. The largest absolute Gasteiger partial charge is 0.490 e. The number of benzene rings is 3. The molecule has 3 aromatic carbocycles. The third-order valence-corrected chi connectivity index (χ3v) is 4.90. The van der Waals surface area contributed by atoms with E-state index in [2.05, 4.69) is 16.0 Å². The molecule has 1 heterocycles. The number of hydrogen-bond donors (Lipinski definition) is 1. The lowest BCUT2D eigenvalue weighted by Gasteiger charge is -2.13. The van der Waals surface area contributed by atoms with E-state index < -0.39 is 0 Å². The van der Waals surface area contributed by atoms with Gasteiger partial charge in [0.2, 0.25) is 0 Å². The summed E-state index contributed by atoms with van der Waals surface area (Å²) in [7, 11) is 0. The first kappa shape index (κ1) is 20.5. The predicted octanol–water partition coefficient (Wildman–Crippen LogP) is 6.26. The summed E-state index contributed by atoms with van der Waals surface area (Å²) < 4.78 is 11.7. The number of aromatic nitrogens is 2. The molecular weight excluding hydrogens is 410 g/mol. The summed E-state index contributed by atoms with van der Waals surface area (Å²) in [5.74, 6) is 1.79. The Morgan fingerprint density at radius 2 is 1.87 bits per heavy atom. The number of hydrogen-bond acceptors (Lipinski definition) is 4. The lowest BCUT2D eigenvalue weighted by Crippen LogP contribution is -2.00. The third kappa shape index (κ3) is 4.88. The molecule has 0 atom stereocenters. The number of fused-ring (bicyclic) bond motifs is 1. The lowest BCUT2D eigenvalue weighted by atomic mass is 10.1. The maximum absolute atomic E-state index is 9.68. The van der Waals surface area contributed by atoms with Crippen LogP contribution in [0.15, 0.2) is 66.7 Å². The molecule has 1 aromatic heterocycles. The smallest absolute Gasteiger partial charge is 0.161 e. The van der Waals surface area contributed by atoms with Gasteiger partial charge in [-0.1, -0.05) is 41.9 Å². The molecule has 0 bridgehead atoms. The molecule has 0 unspecified atom stereocenters. The number of para-hydroxylation sites is 2. The molecule has 31 heavy (non-hydrogen) atoms. The maximum atomic E-state index is 9.68. The van der Waals surface area contributed by atoms with Crippen molar-refractivity contribution in [2.75, 3.05) is 6.61 Å². The van der Waals surface area contributed by atoms with E-state index in [1.54, 1.807) is 6.08 Å². The Balaban J connectivity index is 1.59. The van der Waals surface area contributed by atoms with Crippen molar-refractivity contribution in [3.8, 4) is 17.6 Å². The Hall–Kier alpha value is -3.75. The average Bonchev–Trinajstić information content (AvgIpc) is 3.22. The van der Waals surface area contributed by atoms with Crippen LogP contribution in [0.1, 0.15) is 23.9 Å². The van der Waals surface area contributed by atoms with Gasteiger partial charge in [-0.05, 0) is 60.5 Å². The Morgan fingerprint density at radius 1 is 1.06 bits per heavy atom. The average molecular weight is 430 g/mol. The van der Waals surface area contributed by atoms with E-state index in [4.69, 9.17) is 21.1 Å². The molecule has 0 saturated carbocycles. The number of aromatic amines is 1. The molecule has 0 amide bonds. The molecule has 0 fully saturated rings. The van der Waals surface area contributed by atoms with Gasteiger partial charge in [-0.25, -0.2) is 4.98 Å². The van der Waals surface area contributed by atoms with Crippen molar-refractivity contribution in [3.05, 3.63) is 88.7 Å². The van der Waals surface area contributed by atoms with Crippen LogP contribution >= 0.6 is 11.6 Å². The van der Waals surface area contributed by atoms with Gasteiger partial charge in [-0.15, -0.1) is 0 Å². The molecule has 4 aromatic rings. The van der Waals surface area contributed by atoms with Crippen LogP contribution in [0.25, 0.3) is 22.7 Å². The highest BCUT2D eigenvalue weighted by molar-refractivity contribution is 6.30. The standard InChI is InChI=1S/C25H20ClN3O2/c1-2-30-24-14-18(9-12-23(24)31-16-17-7-10-20(26)11-8-17)13-19(15-27)25-28-21-5-3-4-6-22(21)29-25/h3-14H,2,16H2,1H3,(H,28,29). The summed E-state index contributed by atoms with van der Waals surface area (Å²) in [6, 6.07) is 23.0. The van der Waals surface area contributed by atoms with Gasteiger partial charge in [0, 0.05) is 5.02 Å². The summed E-state index contributed by atoms with van der Waals surface area (Å²) in [6.07, 6.45) is 1.78. The molecule has 5 nitrogen and oxygen atoms in total. The second kappa shape index (κ2) is 9.38. The van der Waals surface area contributed by atoms with Gasteiger partial charge >= 0.3 is 0 Å². The zero-order chi connectivity index (χ0) is 21.6. The topological polar surface area (TPSA) is 70.9 Å². The summed E-state index contributed by atoms with van der Waals surface area (Å²) in [6.45, 7) is 2.81. The van der Waals surface area contributed by atoms with Gasteiger partial charge in [0.15, 0.2) is 11.5 Å². The molecule has 4 rings (SSSR count). The van der Waals surface area contributed by atoms with Crippen molar-refractivity contribution in [3.63, 3.8) is 0 Å². The van der Waals surface area contributed by atoms with Crippen molar-refractivity contribution in [2.24, 2.45) is 0 Å². The molecule has 6 heteroatoms. The number of nitriles is 1. The molecule has 154 valence electrons. The fraction of sp³-hybridized carbons (Fsp3) is 0.120. The molecule has 0 radical (unpaired) electrons. The fourth-order valence-corrected chi connectivity index (χ4v) is 3.27. The third-order valence-electron chi connectivity index (χ3n) is 4.65. The Bertz CT molecular complexity index is 1240. The lowest BCUT2D eigenvalue weighted by molar-refractivity contribution is 0.269. The van der Waals surface area contributed by atoms with E-state index in [0.29, 0.717) is 41.1 Å². The first-order valence-electron chi connectivity index (χ1n) is 9.87. The number of nitrogens with zero attached hydrogens (tertiary/aromatic N) is 2. The van der Waals surface area contributed by atoms with Crippen LogP contribution in [0.3, 0.4) is 0 Å². The fourth-order valence-electron chi connectivity index (χ4n) is 3.14. The summed E-state index contributed by atoms with van der Waals surface area (Å²) in [4.78, 5) is 7.71. The van der Waals surface area contributed by atoms with E-state index >= 15 is 0 Å². The molecule has 0 aliphatic heterocycles. The van der Waals surface area contributed by atoms with E-state index in [1.165, 1.54) is 0 Å². The van der Waals surface area contributed by atoms with E-state index in [1.807, 2.05) is 73.7 Å². The van der Waals surface area contributed by atoms with Crippen LogP contribution in [-0.4, -0.2) is 16.6 Å². The molecule has 1 N–H and O–H groups in total. The van der Waals surface area contributed by atoms with Crippen LogP contribution < -0.4 is 9.47 Å². The van der Waals surface area contributed by atoms with Gasteiger partial charge in [0.25, 0.3) is 0 Å². The van der Waals surface area contributed by atoms with Crippen molar-refractivity contribution >= 4 is 34.3 Å². The molecule has 0 aliphatic rings. The SMILES string of the molecule is CCOc1cc(C=C(C#N)c2nc3ccccc3[nH]2)ccc1OCc1ccc(Cl)cc1. The zero-order valence-corrected chi connectivity index (χ0v) is 17.7. The first-order chi connectivity index (χ1) is 15.2. The number of rotatable bonds is 7. The normalized spacial score (nSPS) is 11.3. The second-order valence-electron chi connectivity index (χ2n) is 6.83. The van der Waals surface area contributed by atoms with Crippen molar-refractivity contribution in [1.82, 2.24) is 9.97 Å². The van der Waals surface area contributed by atoms with E-state index in [0.717, 1.165) is 22.2 Å². The van der Waals surface area contributed by atoms with Crippen LogP contribution in [0.2, 0.25) is 5.02 Å².